The molecule has 0 heterocycles. The number of carbonyl (C=O) groups is 1. The first-order chi connectivity index (χ1) is 10.8. The Bertz CT molecular complexity index is 742. The fourth-order valence-corrected chi connectivity index (χ4v) is 4.07. The second kappa shape index (κ2) is 6.97. The number of thioether (sulfide) groups is 1. The number of allylic oxidation sites excluding steroid dienone is 3. The fraction of sp³-hybridized carbons (Fsp3) is 0.250. The monoisotopic (exact) mass is 308 g/mol. The van der Waals surface area contributed by atoms with Crippen LogP contribution in [-0.2, 0) is 4.79 Å². The zero-order valence-corrected chi connectivity index (χ0v) is 13.5. The lowest BCUT2D eigenvalue weighted by molar-refractivity contribution is -0.116. The quantitative estimate of drug-likeness (QED) is 0.639. The molecule has 0 aliphatic heterocycles. The fourth-order valence-electron chi connectivity index (χ4n) is 2.88. The van der Waals surface area contributed by atoms with Crippen molar-refractivity contribution in [2.45, 2.75) is 37.0 Å². The molecule has 0 fully saturated rings. The summed E-state index contributed by atoms with van der Waals surface area (Å²) in [6.07, 6.45) is 6.31. The van der Waals surface area contributed by atoms with Gasteiger partial charge in [0.25, 0.3) is 0 Å². The van der Waals surface area contributed by atoms with Gasteiger partial charge < -0.3 is 0 Å². The van der Waals surface area contributed by atoms with E-state index in [1.807, 2.05) is 6.08 Å². The molecule has 0 radical (unpaired) electrons. The van der Waals surface area contributed by atoms with E-state index in [0.29, 0.717) is 12.2 Å². The highest BCUT2D eigenvalue weighted by Crippen LogP contribution is 2.38. The van der Waals surface area contributed by atoms with Gasteiger partial charge in [0.2, 0.25) is 0 Å². The normalized spacial score (nSPS) is 15.4. The van der Waals surface area contributed by atoms with E-state index in [0.717, 1.165) is 31.3 Å². The van der Waals surface area contributed by atoms with Crippen LogP contribution in [0, 0.1) is 0 Å². The van der Waals surface area contributed by atoms with E-state index >= 15 is 0 Å². The van der Waals surface area contributed by atoms with E-state index in [1.54, 1.807) is 11.8 Å². The van der Waals surface area contributed by atoms with Crippen molar-refractivity contribution in [3.63, 3.8) is 0 Å². The Labute approximate surface area is 136 Å². The van der Waals surface area contributed by atoms with Crippen LogP contribution in [0.4, 0.5) is 0 Å². The van der Waals surface area contributed by atoms with Gasteiger partial charge in [-0.15, -0.1) is 6.58 Å². The summed E-state index contributed by atoms with van der Waals surface area (Å²) < 4.78 is 0. The van der Waals surface area contributed by atoms with E-state index in [4.69, 9.17) is 0 Å². The number of Topliss-reactive ketones (excluding diaryl/α,β-unsaturated/α-hetero) is 1. The summed E-state index contributed by atoms with van der Waals surface area (Å²) in [5.74, 6) is 0.330. The Morgan fingerprint density at radius 3 is 2.73 bits per heavy atom. The molecule has 1 aliphatic rings. The third-order valence-electron chi connectivity index (χ3n) is 4.04. The highest BCUT2D eigenvalue weighted by atomic mass is 32.2. The smallest absolute Gasteiger partial charge is 0.159 e. The summed E-state index contributed by atoms with van der Waals surface area (Å²) in [7, 11) is 0. The van der Waals surface area contributed by atoms with Crippen LogP contribution in [-0.4, -0.2) is 5.78 Å². The maximum atomic E-state index is 12.2. The molecule has 2 heteroatoms. The van der Waals surface area contributed by atoms with Crippen LogP contribution in [0.3, 0.4) is 0 Å². The highest BCUT2D eigenvalue weighted by Gasteiger charge is 2.20. The van der Waals surface area contributed by atoms with Gasteiger partial charge >= 0.3 is 0 Å². The van der Waals surface area contributed by atoms with Gasteiger partial charge in [0, 0.05) is 16.9 Å². The summed E-state index contributed by atoms with van der Waals surface area (Å²) in [4.78, 5) is 14.7. The molecule has 2 aromatic rings. The number of hydrogen-bond acceptors (Lipinski definition) is 2. The number of rotatable bonds is 5. The van der Waals surface area contributed by atoms with Crippen molar-refractivity contribution in [2.24, 2.45) is 0 Å². The minimum absolute atomic E-state index is 0.330. The van der Waals surface area contributed by atoms with Crippen molar-refractivity contribution in [1.29, 1.82) is 0 Å². The van der Waals surface area contributed by atoms with Gasteiger partial charge in [-0.1, -0.05) is 48.2 Å². The first-order valence-electron chi connectivity index (χ1n) is 7.80. The topological polar surface area (TPSA) is 17.1 Å². The highest BCUT2D eigenvalue weighted by molar-refractivity contribution is 8.03. The van der Waals surface area contributed by atoms with Gasteiger partial charge in [0.05, 0.1) is 0 Å². The number of carbonyl (C=O) groups excluding carboxylic acids is 1. The van der Waals surface area contributed by atoms with E-state index in [1.165, 1.54) is 20.6 Å². The third kappa shape index (κ3) is 3.33. The summed E-state index contributed by atoms with van der Waals surface area (Å²) >= 11 is 1.77. The van der Waals surface area contributed by atoms with Gasteiger partial charge in [-0.25, -0.2) is 0 Å². The molecule has 0 spiro atoms. The Morgan fingerprint density at radius 1 is 1.09 bits per heavy atom. The maximum absolute atomic E-state index is 12.2. The summed E-state index contributed by atoms with van der Waals surface area (Å²) in [5, 5.41) is 2.51. The van der Waals surface area contributed by atoms with E-state index in [9.17, 15) is 4.79 Å². The first-order valence-corrected chi connectivity index (χ1v) is 8.62. The molecule has 0 saturated carbocycles. The van der Waals surface area contributed by atoms with Crippen LogP contribution in [0.5, 0.6) is 0 Å². The Kier molecular flexibility index (Phi) is 4.79. The molecule has 0 saturated heterocycles. The average molecular weight is 308 g/mol. The van der Waals surface area contributed by atoms with Crippen molar-refractivity contribution in [1.82, 2.24) is 0 Å². The summed E-state index contributed by atoms with van der Waals surface area (Å²) in [6.45, 7) is 3.77. The number of benzene rings is 2. The number of ketones is 1. The van der Waals surface area contributed by atoms with Crippen molar-refractivity contribution in [3.05, 3.63) is 65.6 Å². The molecule has 0 atom stereocenters. The minimum Gasteiger partial charge on any atom is -0.295 e. The number of hydrogen-bond donors (Lipinski definition) is 0. The second-order valence-electron chi connectivity index (χ2n) is 5.62. The minimum atomic E-state index is 0.330. The molecule has 3 rings (SSSR count). The van der Waals surface area contributed by atoms with Crippen molar-refractivity contribution < 1.29 is 4.79 Å². The average Bonchev–Trinajstić information content (AvgIpc) is 2.54. The number of fused-ring (bicyclic) bond motifs is 1. The molecule has 112 valence electrons. The van der Waals surface area contributed by atoms with Crippen molar-refractivity contribution >= 4 is 28.3 Å². The molecule has 0 aromatic heterocycles. The lowest BCUT2D eigenvalue weighted by Gasteiger charge is -2.19. The van der Waals surface area contributed by atoms with E-state index < -0.39 is 0 Å². The predicted octanol–water partition coefficient (Wildman–Crippen LogP) is 5.91. The van der Waals surface area contributed by atoms with E-state index in [-0.39, 0.29) is 0 Å². The van der Waals surface area contributed by atoms with Crippen LogP contribution in [0.1, 0.15) is 32.1 Å². The molecule has 22 heavy (non-hydrogen) atoms. The van der Waals surface area contributed by atoms with Gasteiger partial charge in [-0.2, -0.15) is 0 Å². The lowest BCUT2D eigenvalue weighted by Crippen LogP contribution is -2.10. The Morgan fingerprint density at radius 2 is 1.91 bits per heavy atom. The molecule has 0 bridgehead atoms. The van der Waals surface area contributed by atoms with Crippen LogP contribution in [0.2, 0.25) is 0 Å². The standard InChI is InChI=1S/C20H20OS/c1-2-3-9-18-19(21)10-6-11-20(18)22-17-13-12-15-7-4-5-8-16(15)14-17/h2,4-5,7-8,12-14H,1,3,6,9-11H2. The van der Waals surface area contributed by atoms with Crippen LogP contribution < -0.4 is 0 Å². The largest absolute Gasteiger partial charge is 0.295 e. The maximum Gasteiger partial charge on any atom is 0.159 e. The Hall–Kier alpha value is -1.80. The summed E-state index contributed by atoms with van der Waals surface area (Å²) in [5.41, 5.74) is 1.03. The van der Waals surface area contributed by atoms with Gasteiger partial charge in [-0.05, 0) is 53.5 Å². The molecule has 1 nitrogen and oxygen atoms in total. The van der Waals surface area contributed by atoms with Gasteiger partial charge in [-0.3, -0.25) is 4.79 Å². The second-order valence-corrected chi connectivity index (χ2v) is 6.79. The zero-order valence-electron chi connectivity index (χ0n) is 12.7. The molecule has 2 aromatic carbocycles. The van der Waals surface area contributed by atoms with Crippen LogP contribution in [0.15, 0.2) is 70.5 Å². The molecular formula is C20H20OS. The van der Waals surface area contributed by atoms with Crippen LogP contribution in [0.25, 0.3) is 10.8 Å². The SMILES string of the molecule is C=CCCC1=C(Sc2ccc3ccccc3c2)CCCC1=O. The molecular weight excluding hydrogens is 288 g/mol. The lowest BCUT2D eigenvalue weighted by atomic mass is 9.94. The third-order valence-corrected chi connectivity index (χ3v) is 5.23. The van der Waals surface area contributed by atoms with Gasteiger partial charge in [0.1, 0.15) is 0 Å². The zero-order chi connectivity index (χ0) is 15.4. The molecule has 0 amide bonds. The predicted molar refractivity (Wildman–Crippen MR) is 95.1 cm³/mol. The molecule has 1 aliphatic carbocycles. The summed E-state index contributed by atoms with van der Waals surface area (Å²) in [6, 6.07) is 14.9. The van der Waals surface area contributed by atoms with Crippen molar-refractivity contribution in [3.8, 4) is 0 Å². The molecule has 0 unspecified atom stereocenters. The van der Waals surface area contributed by atoms with Gasteiger partial charge in [0.15, 0.2) is 5.78 Å². The van der Waals surface area contributed by atoms with Crippen molar-refractivity contribution in [2.75, 3.05) is 0 Å². The van der Waals surface area contributed by atoms with E-state index in [2.05, 4.69) is 49.0 Å². The Balaban J connectivity index is 1.90. The van der Waals surface area contributed by atoms with Crippen LogP contribution >= 0.6 is 11.8 Å². The molecule has 0 N–H and O–H groups in total. The first kappa shape index (κ1) is 15.1.